The van der Waals surface area contributed by atoms with E-state index < -0.39 is 0 Å². The van der Waals surface area contributed by atoms with Crippen molar-refractivity contribution >= 4 is 0 Å². The first-order valence-electron chi connectivity index (χ1n) is 6.49. The molecule has 2 heterocycles. The summed E-state index contributed by atoms with van der Waals surface area (Å²) in [6.45, 7) is 7.10. The number of aryl methyl sites for hydroxylation is 3. The fourth-order valence-electron chi connectivity index (χ4n) is 2.19. The first-order chi connectivity index (χ1) is 9.10. The molecule has 1 atom stereocenters. The van der Waals surface area contributed by atoms with Crippen molar-refractivity contribution in [2.75, 3.05) is 6.54 Å². The van der Waals surface area contributed by atoms with E-state index in [9.17, 15) is 0 Å². The van der Waals surface area contributed by atoms with Crippen molar-refractivity contribution in [3.05, 3.63) is 34.9 Å². The third-order valence-electron chi connectivity index (χ3n) is 2.97. The number of nitrogens with zero attached hydrogens (tertiary/aromatic N) is 5. The van der Waals surface area contributed by atoms with E-state index in [2.05, 4.69) is 52.5 Å². The molecule has 0 saturated heterocycles. The molecule has 19 heavy (non-hydrogen) atoms. The number of hydrogen-bond acceptors (Lipinski definition) is 5. The predicted octanol–water partition coefficient (Wildman–Crippen LogP) is 1.12. The number of aromatic nitrogens is 5. The Morgan fingerprint density at radius 1 is 1.37 bits per heavy atom. The minimum atomic E-state index is 0.120. The second-order valence-electron chi connectivity index (χ2n) is 4.72. The lowest BCUT2D eigenvalue weighted by atomic mass is 10.0. The van der Waals surface area contributed by atoms with Crippen molar-refractivity contribution < 1.29 is 0 Å². The lowest BCUT2D eigenvalue weighted by Crippen LogP contribution is -2.25. The molecule has 2 rings (SSSR count). The van der Waals surface area contributed by atoms with Crippen LogP contribution in [0.25, 0.3) is 0 Å². The van der Waals surface area contributed by atoms with Crippen LogP contribution in [0.1, 0.15) is 35.6 Å². The number of pyridine rings is 1. The Labute approximate surface area is 113 Å². The van der Waals surface area contributed by atoms with Gasteiger partial charge in [-0.05, 0) is 36.7 Å². The molecule has 2 aromatic rings. The fourth-order valence-corrected chi connectivity index (χ4v) is 2.19. The molecule has 0 saturated carbocycles. The number of hydrogen-bond donors (Lipinski definition) is 1. The average molecular weight is 260 g/mol. The Morgan fingerprint density at radius 2 is 2.16 bits per heavy atom. The third-order valence-corrected chi connectivity index (χ3v) is 2.97. The molecule has 0 aliphatic rings. The molecule has 1 unspecified atom stereocenters. The molecular formula is C13H20N6. The number of nitrogens with one attached hydrogen (secondary N) is 1. The van der Waals surface area contributed by atoms with Crippen molar-refractivity contribution in [3.63, 3.8) is 0 Å². The van der Waals surface area contributed by atoms with Crippen LogP contribution >= 0.6 is 0 Å². The quantitative estimate of drug-likeness (QED) is 0.872. The Bertz CT molecular complexity index is 548. The van der Waals surface area contributed by atoms with Gasteiger partial charge in [-0.2, -0.15) is 4.80 Å². The summed E-state index contributed by atoms with van der Waals surface area (Å²) >= 11 is 0. The van der Waals surface area contributed by atoms with E-state index in [0.717, 1.165) is 18.1 Å². The van der Waals surface area contributed by atoms with E-state index >= 15 is 0 Å². The van der Waals surface area contributed by atoms with E-state index in [-0.39, 0.29) is 6.04 Å². The van der Waals surface area contributed by atoms with Crippen molar-refractivity contribution in [2.45, 2.75) is 33.2 Å². The first-order valence-corrected chi connectivity index (χ1v) is 6.49. The van der Waals surface area contributed by atoms with Gasteiger partial charge in [0.25, 0.3) is 0 Å². The Kier molecular flexibility index (Phi) is 4.21. The largest absolute Gasteiger partial charge is 0.309 e. The second kappa shape index (κ2) is 5.88. The maximum atomic E-state index is 4.55. The molecule has 2 aromatic heterocycles. The average Bonchev–Trinajstić information content (AvgIpc) is 2.74. The molecule has 0 aromatic carbocycles. The van der Waals surface area contributed by atoms with Crippen LogP contribution in [0, 0.1) is 13.8 Å². The molecule has 6 heteroatoms. The van der Waals surface area contributed by atoms with Crippen LogP contribution in [0.15, 0.2) is 12.3 Å². The molecule has 0 fully saturated rings. The van der Waals surface area contributed by atoms with Crippen LogP contribution in [-0.2, 0) is 13.5 Å². The van der Waals surface area contributed by atoms with Gasteiger partial charge in [0, 0.05) is 12.6 Å². The van der Waals surface area contributed by atoms with Crippen molar-refractivity contribution in [1.82, 2.24) is 30.5 Å². The van der Waals surface area contributed by atoms with E-state index in [4.69, 9.17) is 0 Å². The van der Waals surface area contributed by atoms with Gasteiger partial charge in [0.05, 0.1) is 18.8 Å². The van der Waals surface area contributed by atoms with Gasteiger partial charge in [-0.1, -0.05) is 13.0 Å². The molecule has 102 valence electrons. The predicted molar refractivity (Wildman–Crippen MR) is 72.6 cm³/mol. The molecule has 6 nitrogen and oxygen atoms in total. The molecule has 0 aliphatic carbocycles. The molecule has 0 radical (unpaired) electrons. The monoisotopic (exact) mass is 260 g/mol. The van der Waals surface area contributed by atoms with Crippen molar-refractivity contribution in [2.24, 2.45) is 7.05 Å². The van der Waals surface area contributed by atoms with Gasteiger partial charge in [0.2, 0.25) is 0 Å². The topological polar surface area (TPSA) is 68.5 Å². The van der Waals surface area contributed by atoms with Gasteiger partial charge >= 0.3 is 0 Å². The van der Waals surface area contributed by atoms with E-state index in [1.54, 1.807) is 7.05 Å². The van der Waals surface area contributed by atoms with Crippen molar-refractivity contribution in [3.8, 4) is 0 Å². The lowest BCUT2D eigenvalue weighted by Gasteiger charge is -2.18. The molecule has 0 spiro atoms. The highest BCUT2D eigenvalue weighted by molar-refractivity contribution is 5.26. The third kappa shape index (κ3) is 3.35. The summed E-state index contributed by atoms with van der Waals surface area (Å²) in [5, 5.41) is 15.6. The van der Waals surface area contributed by atoms with Crippen molar-refractivity contribution in [1.29, 1.82) is 0 Å². The van der Waals surface area contributed by atoms with Gasteiger partial charge in [-0.3, -0.25) is 4.98 Å². The van der Waals surface area contributed by atoms with Crippen LogP contribution in [-0.4, -0.2) is 31.7 Å². The zero-order valence-corrected chi connectivity index (χ0v) is 11.9. The van der Waals surface area contributed by atoms with Gasteiger partial charge in [0.1, 0.15) is 0 Å². The molecule has 0 bridgehead atoms. The number of tetrazole rings is 1. The van der Waals surface area contributed by atoms with E-state index in [0.29, 0.717) is 6.42 Å². The zero-order valence-electron chi connectivity index (χ0n) is 11.9. The second-order valence-corrected chi connectivity index (χ2v) is 4.72. The van der Waals surface area contributed by atoms with Crippen LogP contribution in [0.2, 0.25) is 0 Å². The standard InChI is InChI=1S/C13H20N6/c1-5-14-11(7-12-16-18-19(4)17-12)13-10(3)6-9(2)8-15-13/h6,8,11,14H,5,7H2,1-4H3. The molecule has 1 N–H and O–H groups in total. The summed E-state index contributed by atoms with van der Waals surface area (Å²) < 4.78 is 0. The maximum absolute atomic E-state index is 4.55. The SMILES string of the molecule is CCNC(Cc1nnn(C)n1)c1ncc(C)cc1C. The van der Waals surface area contributed by atoms with Gasteiger partial charge in [-0.25, -0.2) is 0 Å². The summed E-state index contributed by atoms with van der Waals surface area (Å²) in [6.07, 6.45) is 2.59. The summed E-state index contributed by atoms with van der Waals surface area (Å²) in [7, 11) is 1.77. The van der Waals surface area contributed by atoms with E-state index in [1.165, 1.54) is 15.9 Å². The summed E-state index contributed by atoms with van der Waals surface area (Å²) in [5.41, 5.74) is 3.42. The van der Waals surface area contributed by atoms with Crippen LogP contribution in [0.3, 0.4) is 0 Å². The summed E-state index contributed by atoms with van der Waals surface area (Å²) in [5.74, 6) is 0.732. The zero-order chi connectivity index (χ0) is 13.8. The Morgan fingerprint density at radius 3 is 2.74 bits per heavy atom. The summed E-state index contributed by atoms with van der Waals surface area (Å²) in [4.78, 5) is 6.03. The van der Waals surface area contributed by atoms with Crippen LogP contribution in [0.4, 0.5) is 0 Å². The van der Waals surface area contributed by atoms with Gasteiger partial charge < -0.3 is 5.32 Å². The Balaban J connectivity index is 2.23. The molecule has 0 aliphatic heterocycles. The highest BCUT2D eigenvalue weighted by Crippen LogP contribution is 2.18. The lowest BCUT2D eigenvalue weighted by molar-refractivity contribution is 0.520. The minimum Gasteiger partial charge on any atom is -0.309 e. The molecule has 0 amide bonds. The highest BCUT2D eigenvalue weighted by atomic mass is 15.6. The van der Waals surface area contributed by atoms with Gasteiger partial charge in [0.15, 0.2) is 5.82 Å². The fraction of sp³-hybridized carbons (Fsp3) is 0.538. The first kappa shape index (κ1) is 13.6. The Hall–Kier alpha value is -1.82. The summed E-state index contributed by atoms with van der Waals surface area (Å²) in [6, 6.07) is 2.27. The molecular weight excluding hydrogens is 240 g/mol. The van der Waals surface area contributed by atoms with Crippen LogP contribution < -0.4 is 5.32 Å². The number of likely N-dealkylation sites (N-methyl/N-ethyl adjacent to an activating group) is 1. The normalized spacial score (nSPS) is 12.6. The van der Waals surface area contributed by atoms with E-state index in [1.807, 2.05) is 6.20 Å². The van der Waals surface area contributed by atoms with Gasteiger partial charge in [-0.15, -0.1) is 10.2 Å². The van der Waals surface area contributed by atoms with Crippen LogP contribution in [0.5, 0.6) is 0 Å². The smallest absolute Gasteiger partial charge is 0.176 e. The minimum absolute atomic E-state index is 0.120. The number of rotatable bonds is 5. The maximum Gasteiger partial charge on any atom is 0.176 e. The highest BCUT2D eigenvalue weighted by Gasteiger charge is 2.17.